The van der Waals surface area contributed by atoms with Crippen LogP contribution in [0.15, 0.2) is 170 Å². The van der Waals surface area contributed by atoms with E-state index in [1.165, 1.54) is 80.7 Å². The van der Waals surface area contributed by atoms with Crippen LogP contribution >= 0.6 is 11.3 Å². The zero-order chi connectivity index (χ0) is 31.6. The molecule has 7 aromatic carbocycles. The molecule has 0 aliphatic rings. The van der Waals surface area contributed by atoms with Gasteiger partial charge in [-0.15, -0.1) is 11.3 Å². The highest BCUT2D eigenvalue weighted by molar-refractivity contribution is 7.25. The Bertz CT molecular complexity index is 2840. The maximum atomic E-state index is 4.82. The van der Waals surface area contributed by atoms with E-state index in [0.29, 0.717) is 0 Å². The molecule has 3 heterocycles. The van der Waals surface area contributed by atoms with Crippen LogP contribution in [-0.4, -0.2) is 9.55 Å². The van der Waals surface area contributed by atoms with Crippen LogP contribution in [0.1, 0.15) is 0 Å². The van der Waals surface area contributed by atoms with Crippen molar-refractivity contribution in [3.05, 3.63) is 170 Å². The summed E-state index contributed by atoms with van der Waals surface area (Å²) in [5.74, 6) is 0. The zero-order valence-corrected chi connectivity index (χ0v) is 26.8. The Balaban J connectivity index is 1.20. The second-order valence-electron chi connectivity index (χ2n) is 12.4. The minimum atomic E-state index is 0.971. The third-order valence-electron chi connectivity index (χ3n) is 9.63. The number of thiophene rings is 1. The van der Waals surface area contributed by atoms with E-state index in [9.17, 15) is 0 Å². The quantitative estimate of drug-likeness (QED) is 0.190. The molecule has 0 N–H and O–H groups in total. The van der Waals surface area contributed by atoms with Crippen LogP contribution < -0.4 is 0 Å². The van der Waals surface area contributed by atoms with Crippen molar-refractivity contribution in [3.8, 4) is 39.2 Å². The number of benzene rings is 7. The van der Waals surface area contributed by atoms with Gasteiger partial charge >= 0.3 is 0 Å². The second kappa shape index (κ2) is 10.8. The molecule has 0 unspecified atom stereocenters. The highest BCUT2D eigenvalue weighted by atomic mass is 32.1. The van der Waals surface area contributed by atoms with Gasteiger partial charge in [0.2, 0.25) is 0 Å². The predicted octanol–water partition coefficient (Wildman–Crippen LogP) is 12.7. The molecule has 3 aromatic heterocycles. The third kappa shape index (κ3) is 4.36. The normalized spacial score (nSPS) is 11.8. The lowest BCUT2D eigenvalue weighted by Gasteiger charge is -2.10. The van der Waals surface area contributed by atoms with Crippen LogP contribution in [0.5, 0.6) is 0 Å². The van der Waals surface area contributed by atoms with Gasteiger partial charge in [0.15, 0.2) is 0 Å². The molecular weight excluding hydrogens is 601 g/mol. The van der Waals surface area contributed by atoms with Gasteiger partial charge in [0.1, 0.15) is 0 Å². The van der Waals surface area contributed by atoms with Gasteiger partial charge in [-0.3, -0.25) is 4.98 Å². The Morgan fingerprint density at radius 3 is 2.06 bits per heavy atom. The average molecular weight is 629 g/mol. The molecule has 0 aliphatic carbocycles. The van der Waals surface area contributed by atoms with Gasteiger partial charge in [-0.2, -0.15) is 0 Å². The van der Waals surface area contributed by atoms with Crippen molar-refractivity contribution in [1.82, 2.24) is 9.55 Å². The largest absolute Gasteiger partial charge is 0.309 e. The van der Waals surface area contributed by atoms with Crippen LogP contribution in [-0.2, 0) is 0 Å². The molecule has 0 saturated carbocycles. The first kappa shape index (κ1) is 27.1. The molecule has 0 amide bonds. The topological polar surface area (TPSA) is 17.8 Å². The Morgan fingerprint density at radius 1 is 0.396 bits per heavy atom. The van der Waals surface area contributed by atoms with E-state index < -0.39 is 0 Å². The van der Waals surface area contributed by atoms with E-state index in [4.69, 9.17) is 4.98 Å². The molecule has 3 heteroatoms. The monoisotopic (exact) mass is 628 g/mol. The van der Waals surface area contributed by atoms with Gasteiger partial charge in [-0.05, 0) is 87.6 Å². The highest BCUT2D eigenvalue weighted by Gasteiger charge is 2.17. The van der Waals surface area contributed by atoms with Crippen LogP contribution in [0.3, 0.4) is 0 Å². The number of rotatable bonds is 4. The van der Waals surface area contributed by atoms with E-state index in [-0.39, 0.29) is 0 Å². The number of pyridine rings is 1. The second-order valence-corrected chi connectivity index (χ2v) is 13.5. The Morgan fingerprint density at radius 2 is 1.12 bits per heavy atom. The summed E-state index contributed by atoms with van der Waals surface area (Å²) < 4.78 is 5.06. The number of hydrogen-bond donors (Lipinski definition) is 0. The summed E-state index contributed by atoms with van der Waals surface area (Å²) in [6.07, 6.45) is 1.92. The highest BCUT2D eigenvalue weighted by Crippen LogP contribution is 2.40. The fraction of sp³-hybridized carbons (Fsp3) is 0. The molecule has 0 fully saturated rings. The first-order chi connectivity index (χ1) is 23.8. The van der Waals surface area contributed by atoms with Gasteiger partial charge in [0.25, 0.3) is 0 Å². The first-order valence-corrected chi connectivity index (χ1v) is 17.1. The Kier molecular flexibility index (Phi) is 6.08. The maximum Gasteiger partial charge on any atom is 0.0708 e. The van der Waals surface area contributed by atoms with Gasteiger partial charge in [-0.25, -0.2) is 0 Å². The fourth-order valence-corrected chi connectivity index (χ4v) is 8.40. The summed E-state index contributed by atoms with van der Waals surface area (Å²) in [7, 11) is 0. The van der Waals surface area contributed by atoms with Crippen molar-refractivity contribution in [1.29, 1.82) is 0 Å². The standard InChI is InChI=1S/C45H28N2S/c1-2-8-29(9-3-1)34-22-23-46-41(26-34)35-17-21-42-40(25-35)37-19-16-33(32-15-14-30-10-4-5-11-31(30)24-32)27-43(37)47(42)36-18-20-39-38-12-6-7-13-44(38)48-45(39)28-36/h1-28H. The molecule has 2 nitrogen and oxygen atoms in total. The molecule has 224 valence electrons. The molecular formula is C45H28N2S. The van der Waals surface area contributed by atoms with E-state index in [2.05, 4.69) is 168 Å². The molecule has 10 rings (SSSR count). The van der Waals surface area contributed by atoms with Crippen molar-refractivity contribution >= 4 is 64.1 Å². The third-order valence-corrected chi connectivity index (χ3v) is 10.8. The van der Waals surface area contributed by atoms with Crippen molar-refractivity contribution in [2.75, 3.05) is 0 Å². The van der Waals surface area contributed by atoms with E-state index >= 15 is 0 Å². The summed E-state index contributed by atoms with van der Waals surface area (Å²) in [5.41, 5.74) is 10.4. The Hall–Kier alpha value is -6.03. The van der Waals surface area contributed by atoms with Crippen molar-refractivity contribution < 1.29 is 0 Å². The predicted molar refractivity (Wildman–Crippen MR) is 205 cm³/mol. The van der Waals surface area contributed by atoms with Gasteiger partial charge < -0.3 is 4.57 Å². The van der Waals surface area contributed by atoms with Crippen LogP contribution in [0.2, 0.25) is 0 Å². The zero-order valence-electron chi connectivity index (χ0n) is 26.0. The lowest BCUT2D eigenvalue weighted by atomic mass is 9.99. The summed E-state index contributed by atoms with van der Waals surface area (Å²) in [6, 6.07) is 59.5. The fourth-order valence-electron chi connectivity index (χ4n) is 7.26. The van der Waals surface area contributed by atoms with Crippen LogP contribution in [0.25, 0.3) is 91.9 Å². The van der Waals surface area contributed by atoms with Gasteiger partial charge in [0, 0.05) is 48.4 Å². The summed E-state index contributed by atoms with van der Waals surface area (Å²) in [4.78, 5) is 4.82. The Labute approximate surface area is 281 Å². The lowest BCUT2D eigenvalue weighted by Crippen LogP contribution is -1.94. The molecule has 0 aliphatic heterocycles. The summed E-state index contributed by atoms with van der Waals surface area (Å²) in [6.45, 7) is 0. The number of nitrogens with zero attached hydrogens (tertiary/aromatic N) is 2. The lowest BCUT2D eigenvalue weighted by molar-refractivity contribution is 1.19. The average Bonchev–Trinajstić information content (AvgIpc) is 3.69. The molecule has 0 radical (unpaired) electrons. The van der Waals surface area contributed by atoms with E-state index in [1.807, 2.05) is 17.5 Å². The molecule has 0 saturated heterocycles. The van der Waals surface area contributed by atoms with Gasteiger partial charge in [0.05, 0.1) is 16.7 Å². The van der Waals surface area contributed by atoms with Crippen molar-refractivity contribution in [3.63, 3.8) is 0 Å². The minimum Gasteiger partial charge on any atom is -0.309 e. The van der Waals surface area contributed by atoms with E-state index in [1.54, 1.807) is 0 Å². The van der Waals surface area contributed by atoms with Crippen LogP contribution in [0.4, 0.5) is 0 Å². The van der Waals surface area contributed by atoms with Crippen molar-refractivity contribution in [2.24, 2.45) is 0 Å². The molecule has 0 spiro atoms. The molecule has 0 atom stereocenters. The number of aromatic nitrogens is 2. The molecule has 48 heavy (non-hydrogen) atoms. The van der Waals surface area contributed by atoms with Crippen LogP contribution in [0, 0.1) is 0 Å². The number of fused-ring (bicyclic) bond motifs is 7. The van der Waals surface area contributed by atoms with E-state index in [0.717, 1.165) is 11.3 Å². The maximum absolute atomic E-state index is 4.82. The summed E-state index contributed by atoms with van der Waals surface area (Å²) >= 11 is 1.86. The molecule has 10 aromatic rings. The minimum absolute atomic E-state index is 0.971. The summed E-state index contributed by atoms with van der Waals surface area (Å²) in [5, 5.41) is 7.58. The SMILES string of the molecule is c1ccc(-c2ccnc(-c3ccc4c(c3)c3ccc(-c5ccc6ccccc6c5)cc3n4-c3ccc4c(c3)sc3ccccc34)c2)cc1. The van der Waals surface area contributed by atoms with Gasteiger partial charge in [-0.1, -0.05) is 109 Å². The van der Waals surface area contributed by atoms with Crippen molar-refractivity contribution in [2.45, 2.75) is 0 Å². The number of hydrogen-bond acceptors (Lipinski definition) is 2. The smallest absolute Gasteiger partial charge is 0.0708 e. The molecule has 0 bridgehead atoms. The first-order valence-electron chi connectivity index (χ1n) is 16.3.